The van der Waals surface area contributed by atoms with Crippen LogP contribution < -0.4 is 21.1 Å². The molecule has 1 saturated heterocycles. The summed E-state index contributed by atoms with van der Waals surface area (Å²) in [5.41, 5.74) is 7.99. The number of carbonyl (C=O) groups is 1. The van der Waals surface area contributed by atoms with Crippen LogP contribution in [0.15, 0.2) is 45.9 Å². The van der Waals surface area contributed by atoms with Gasteiger partial charge in [0, 0.05) is 25.3 Å². The number of β-amino-alcohol motifs (C(OH)–C–C–N with tert-alkyl or cyclic N) is 1. The highest BCUT2D eigenvalue weighted by Gasteiger charge is 2.36. The van der Waals surface area contributed by atoms with Crippen molar-refractivity contribution in [2.75, 3.05) is 39.3 Å². The second-order valence-electron chi connectivity index (χ2n) is 10.0. The Bertz CT molecular complexity index is 1130. The highest BCUT2D eigenvalue weighted by atomic mass is 32.2. The number of hydrogen-bond donors (Lipinski definition) is 5. The molecule has 12 heteroatoms. The van der Waals surface area contributed by atoms with E-state index in [9.17, 15) is 18.3 Å². The average molecular weight is 518 g/mol. The Morgan fingerprint density at radius 2 is 1.94 bits per heavy atom. The summed E-state index contributed by atoms with van der Waals surface area (Å²) >= 11 is 0. The van der Waals surface area contributed by atoms with E-state index >= 15 is 0 Å². The minimum absolute atomic E-state index is 0.0354. The van der Waals surface area contributed by atoms with Gasteiger partial charge in [-0.1, -0.05) is 12.1 Å². The quantitative estimate of drug-likeness (QED) is 0.322. The molecule has 2 amide bonds. The first-order valence-electron chi connectivity index (χ1n) is 12.6. The number of fused-ring (bicyclic) bond motifs is 1. The normalized spacial score (nSPS) is 25.9. The van der Waals surface area contributed by atoms with E-state index in [1.165, 1.54) is 4.90 Å². The molecule has 3 unspecified atom stereocenters. The third kappa shape index (κ3) is 5.51. The van der Waals surface area contributed by atoms with Gasteiger partial charge in [0.15, 0.2) is 5.96 Å². The lowest BCUT2D eigenvalue weighted by atomic mass is 9.97. The van der Waals surface area contributed by atoms with Crippen LogP contribution in [0.2, 0.25) is 0 Å². The molecule has 1 aromatic rings. The number of sulfonamides is 1. The molecule has 1 saturated carbocycles. The Labute approximate surface area is 211 Å². The molecule has 2 fully saturated rings. The fourth-order valence-electron chi connectivity index (χ4n) is 5.49. The number of nitrogens with zero attached hydrogens (tertiary/aromatic N) is 3. The lowest BCUT2D eigenvalue weighted by Crippen LogP contribution is -2.50. The molecule has 36 heavy (non-hydrogen) atoms. The third-order valence-electron chi connectivity index (χ3n) is 7.46. The van der Waals surface area contributed by atoms with E-state index in [2.05, 4.69) is 20.3 Å². The van der Waals surface area contributed by atoms with Crippen molar-refractivity contribution in [2.24, 2.45) is 10.7 Å². The molecule has 6 N–H and O–H groups in total. The van der Waals surface area contributed by atoms with Crippen LogP contribution in [-0.2, 0) is 10.0 Å². The number of amides is 2. The Balaban J connectivity index is 1.20. The minimum atomic E-state index is -3.55. The van der Waals surface area contributed by atoms with Gasteiger partial charge in [0.05, 0.1) is 30.1 Å². The van der Waals surface area contributed by atoms with Crippen LogP contribution >= 0.6 is 0 Å². The highest BCUT2D eigenvalue weighted by molar-refractivity contribution is 7.89. The molecule has 3 aliphatic heterocycles. The molecule has 1 aliphatic carbocycles. The zero-order valence-electron chi connectivity index (χ0n) is 20.3. The smallest absolute Gasteiger partial charge is 0.321 e. The standard InChI is InChI=1S/C24H35N7O4S/c25-23-27-9-10-30(23)14-20(32)15-31-13-18-11-17(12-22(18)28-24(31)33)16-1-3-21(4-2-16)36(34,35)29-19-5-7-26-8-6-19/h1-4,13,17,19-20,22,26,29,32H,5-12,14-15H2,(H2,25,27)(H,28,33). The Hall–Kier alpha value is -2.67. The molecule has 0 aromatic heterocycles. The lowest BCUT2D eigenvalue weighted by molar-refractivity contribution is 0.114. The summed E-state index contributed by atoms with van der Waals surface area (Å²) in [6.07, 6.45) is 4.21. The second-order valence-corrected chi connectivity index (χ2v) is 11.8. The number of piperidine rings is 1. The van der Waals surface area contributed by atoms with Crippen molar-refractivity contribution in [2.45, 2.75) is 54.7 Å². The maximum atomic E-state index is 12.8. The molecule has 196 valence electrons. The fraction of sp³-hybridized carbons (Fsp3) is 0.583. The maximum absolute atomic E-state index is 12.8. The topological polar surface area (TPSA) is 152 Å². The van der Waals surface area contributed by atoms with Gasteiger partial charge in [-0.3, -0.25) is 9.89 Å². The number of benzene rings is 1. The largest absolute Gasteiger partial charge is 0.389 e. The van der Waals surface area contributed by atoms with E-state index in [0.29, 0.717) is 25.6 Å². The zero-order valence-corrected chi connectivity index (χ0v) is 21.1. The molecule has 3 atom stereocenters. The third-order valence-corrected chi connectivity index (χ3v) is 9.00. The van der Waals surface area contributed by atoms with Gasteiger partial charge >= 0.3 is 6.03 Å². The first-order chi connectivity index (χ1) is 17.3. The van der Waals surface area contributed by atoms with Crippen LogP contribution in [0.3, 0.4) is 0 Å². The van der Waals surface area contributed by atoms with Crippen LogP contribution in [0.4, 0.5) is 4.79 Å². The van der Waals surface area contributed by atoms with E-state index < -0.39 is 16.1 Å². The van der Waals surface area contributed by atoms with Gasteiger partial charge in [-0.15, -0.1) is 0 Å². The maximum Gasteiger partial charge on any atom is 0.321 e. The monoisotopic (exact) mass is 517 g/mol. The SMILES string of the molecule is NC1=NCCN1CC(O)CN1C=C2CC(c3ccc(S(=O)(=O)NC4CCNCC4)cc3)CC2NC1=O. The molecule has 5 rings (SSSR count). The van der Waals surface area contributed by atoms with Crippen LogP contribution in [0.1, 0.15) is 37.2 Å². The van der Waals surface area contributed by atoms with Crippen molar-refractivity contribution in [3.63, 3.8) is 0 Å². The van der Waals surface area contributed by atoms with Gasteiger partial charge in [0.1, 0.15) is 0 Å². The van der Waals surface area contributed by atoms with E-state index in [1.807, 2.05) is 23.2 Å². The van der Waals surface area contributed by atoms with Crippen molar-refractivity contribution in [1.82, 2.24) is 25.2 Å². The molecule has 4 aliphatic rings. The minimum Gasteiger partial charge on any atom is -0.389 e. The van der Waals surface area contributed by atoms with Gasteiger partial charge in [-0.05, 0) is 68.0 Å². The van der Waals surface area contributed by atoms with E-state index in [-0.39, 0.29) is 35.5 Å². The molecule has 3 heterocycles. The Morgan fingerprint density at radius 3 is 2.64 bits per heavy atom. The molecular formula is C24H35N7O4S. The molecule has 0 radical (unpaired) electrons. The molecular weight excluding hydrogens is 482 g/mol. The van der Waals surface area contributed by atoms with E-state index in [1.54, 1.807) is 12.1 Å². The number of aliphatic hydroxyl groups excluding tert-OH is 1. The average Bonchev–Trinajstić information content (AvgIpc) is 3.45. The molecule has 1 aromatic carbocycles. The highest BCUT2D eigenvalue weighted by Crippen LogP contribution is 2.40. The predicted octanol–water partition coefficient (Wildman–Crippen LogP) is -0.137. The number of aliphatic hydroxyl groups is 1. The summed E-state index contributed by atoms with van der Waals surface area (Å²) in [5, 5.41) is 16.8. The predicted molar refractivity (Wildman–Crippen MR) is 136 cm³/mol. The van der Waals surface area contributed by atoms with Crippen molar-refractivity contribution in [3.8, 4) is 0 Å². The number of urea groups is 1. The van der Waals surface area contributed by atoms with Crippen LogP contribution in [0.5, 0.6) is 0 Å². The number of aliphatic imine (C=N–C) groups is 1. The number of guanidine groups is 1. The summed E-state index contributed by atoms with van der Waals surface area (Å²) < 4.78 is 28.4. The van der Waals surface area contributed by atoms with Gasteiger partial charge in [0.2, 0.25) is 10.0 Å². The zero-order chi connectivity index (χ0) is 25.3. The summed E-state index contributed by atoms with van der Waals surface area (Å²) in [4.78, 5) is 20.4. The van der Waals surface area contributed by atoms with Crippen molar-refractivity contribution < 1.29 is 18.3 Å². The summed E-state index contributed by atoms with van der Waals surface area (Å²) in [7, 11) is -3.55. The summed E-state index contributed by atoms with van der Waals surface area (Å²) in [6, 6.07) is 6.79. The number of nitrogens with two attached hydrogens (primary N) is 1. The summed E-state index contributed by atoms with van der Waals surface area (Å²) in [5.74, 6) is 0.608. The van der Waals surface area contributed by atoms with Gasteiger partial charge < -0.3 is 26.4 Å². The number of rotatable bonds is 8. The lowest BCUT2D eigenvalue weighted by Gasteiger charge is -2.31. The van der Waals surface area contributed by atoms with Gasteiger partial charge in [0.25, 0.3) is 0 Å². The molecule has 0 spiro atoms. The van der Waals surface area contributed by atoms with E-state index in [4.69, 9.17) is 5.73 Å². The van der Waals surface area contributed by atoms with Crippen molar-refractivity contribution >= 4 is 22.0 Å². The second kappa shape index (κ2) is 10.4. The molecule has 0 bridgehead atoms. The first kappa shape index (κ1) is 25.0. The van der Waals surface area contributed by atoms with Crippen LogP contribution in [0, 0.1) is 0 Å². The fourth-order valence-corrected chi connectivity index (χ4v) is 6.80. The first-order valence-corrected chi connectivity index (χ1v) is 14.1. The van der Waals surface area contributed by atoms with Gasteiger partial charge in [-0.25, -0.2) is 17.9 Å². The number of hydrogen-bond acceptors (Lipinski definition) is 8. The number of carbonyl (C=O) groups excluding carboxylic acids is 1. The van der Waals surface area contributed by atoms with E-state index in [0.717, 1.165) is 49.9 Å². The van der Waals surface area contributed by atoms with Crippen LogP contribution in [-0.4, -0.2) is 92.8 Å². The molecule has 11 nitrogen and oxygen atoms in total. The van der Waals surface area contributed by atoms with Gasteiger partial charge in [-0.2, -0.15) is 0 Å². The Kier molecular flexibility index (Phi) is 7.20. The van der Waals surface area contributed by atoms with Crippen molar-refractivity contribution in [1.29, 1.82) is 0 Å². The van der Waals surface area contributed by atoms with Crippen LogP contribution in [0.25, 0.3) is 0 Å². The Morgan fingerprint density at radius 1 is 1.19 bits per heavy atom. The number of nitrogens with one attached hydrogen (secondary N) is 3. The van der Waals surface area contributed by atoms with Crippen molar-refractivity contribution in [3.05, 3.63) is 41.6 Å². The summed E-state index contributed by atoms with van der Waals surface area (Å²) in [6.45, 7) is 3.44.